The van der Waals surface area contributed by atoms with Crippen molar-refractivity contribution in [3.63, 3.8) is 0 Å². The van der Waals surface area contributed by atoms with Gasteiger partial charge in [0.15, 0.2) is 0 Å². The number of aromatic nitrogens is 4. The number of nitrogens with zero attached hydrogens (tertiary/aromatic N) is 7. The number of carbonyl (C=O) groups is 1. The first-order chi connectivity index (χ1) is 26.7. The molecule has 4 aromatic heterocycles. The normalized spacial score (nSPS) is 16.4. The number of alkyl halides is 2. The summed E-state index contributed by atoms with van der Waals surface area (Å²) >= 11 is 7.66. The summed E-state index contributed by atoms with van der Waals surface area (Å²) in [7, 11) is -3.79. The average Bonchev–Trinajstić information content (AvgIpc) is 3.61. The molecule has 0 bridgehead atoms. The van der Waals surface area contributed by atoms with E-state index in [1.807, 2.05) is 11.8 Å². The van der Waals surface area contributed by atoms with Gasteiger partial charge in [-0.05, 0) is 57.9 Å². The van der Waals surface area contributed by atoms with E-state index in [1.165, 1.54) is 35.2 Å². The summed E-state index contributed by atoms with van der Waals surface area (Å²) in [6.45, 7) is 7.10. The van der Waals surface area contributed by atoms with E-state index in [0.29, 0.717) is 68.9 Å². The van der Waals surface area contributed by atoms with Crippen LogP contribution in [0.5, 0.6) is 5.75 Å². The third-order valence-electron chi connectivity index (χ3n) is 10.6. The number of amides is 1. The molecule has 2 aliphatic rings. The molecule has 18 heteroatoms. The minimum absolute atomic E-state index is 0.0215. The number of likely N-dealkylation sites (tertiary alicyclic amines) is 1. The molecule has 0 spiro atoms. The number of anilines is 1. The van der Waals surface area contributed by atoms with Crippen molar-refractivity contribution in [1.29, 1.82) is 5.26 Å². The van der Waals surface area contributed by atoms with Crippen LogP contribution in [0.3, 0.4) is 0 Å². The molecule has 1 aliphatic heterocycles. The number of fused-ring (bicyclic) bond motifs is 2. The van der Waals surface area contributed by atoms with Crippen LogP contribution in [0.25, 0.3) is 32.2 Å². The number of aryl methyl sites for hydroxylation is 1. The number of carbonyl (C=O) groups excluding carboxylic acids is 1. The summed E-state index contributed by atoms with van der Waals surface area (Å²) < 4.78 is 61.6. The van der Waals surface area contributed by atoms with E-state index in [4.69, 9.17) is 16.3 Å². The van der Waals surface area contributed by atoms with Gasteiger partial charge in [-0.1, -0.05) is 11.6 Å². The number of hydrogen-bond acceptors (Lipinski definition) is 12. The lowest BCUT2D eigenvalue weighted by molar-refractivity contribution is -0.127. The number of piperidine rings is 1. The van der Waals surface area contributed by atoms with E-state index >= 15 is 0 Å². The molecule has 1 saturated carbocycles. The van der Waals surface area contributed by atoms with E-state index in [9.17, 15) is 32.0 Å². The van der Waals surface area contributed by atoms with Gasteiger partial charge in [-0.15, -0.1) is 11.3 Å². The summed E-state index contributed by atoms with van der Waals surface area (Å²) in [5.41, 5.74) is 1.73. The lowest BCUT2D eigenvalue weighted by Crippen LogP contribution is -2.55. The molecule has 56 heavy (non-hydrogen) atoms. The van der Waals surface area contributed by atoms with Crippen LogP contribution in [0.15, 0.2) is 46.8 Å². The zero-order chi connectivity index (χ0) is 39.9. The van der Waals surface area contributed by atoms with Crippen molar-refractivity contribution in [2.24, 2.45) is 0 Å². The second-order valence-corrected chi connectivity index (χ2v) is 17.3. The minimum atomic E-state index is -3.79. The van der Waals surface area contributed by atoms with Crippen LogP contribution < -0.4 is 19.9 Å². The first-order valence-corrected chi connectivity index (χ1v) is 21.2. The van der Waals surface area contributed by atoms with Gasteiger partial charge < -0.3 is 9.64 Å². The van der Waals surface area contributed by atoms with Crippen LogP contribution >= 0.6 is 22.9 Å². The minimum Gasteiger partial charge on any atom is -0.491 e. The number of hydrogen-bond donors (Lipinski definition) is 1. The number of rotatable bonds is 12. The van der Waals surface area contributed by atoms with E-state index in [2.05, 4.69) is 30.6 Å². The third-order valence-corrected chi connectivity index (χ3v) is 13.0. The van der Waals surface area contributed by atoms with Gasteiger partial charge in [0.1, 0.15) is 35.6 Å². The van der Waals surface area contributed by atoms with Gasteiger partial charge >= 0.3 is 0 Å². The Hall–Kier alpha value is -4.76. The Balaban J connectivity index is 1.13. The lowest BCUT2D eigenvalue weighted by Gasteiger charge is -2.47. The summed E-state index contributed by atoms with van der Waals surface area (Å²) in [5.74, 6) is -2.36. The maximum absolute atomic E-state index is 14.2. The number of nitrogens with one attached hydrogen (secondary N) is 1. The van der Waals surface area contributed by atoms with Crippen LogP contribution in [-0.2, 0) is 16.6 Å². The lowest BCUT2D eigenvalue weighted by atomic mass is 9.85. The molecule has 1 saturated heterocycles. The largest absolute Gasteiger partial charge is 0.491 e. The maximum Gasteiger partial charge on any atom is 0.267 e. The molecular formula is C38H39ClF2N8O5S2. The van der Waals surface area contributed by atoms with E-state index in [0.717, 1.165) is 12.8 Å². The molecule has 294 valence electrons. The van der Waals surface area contributed by atoms with Crippen molar-refractivity contribution in [1.82, 2.24) is 29.1 Å². The predicted octanol–water partition coefficient (Wildman–Crippen LogP) is 6.15. The monoisotopic (exact) mass is 824 g/mol. The van der Waals surface area contributed by atoms with Crippen molar-refractivity contribution in [3.8, 4) is 22.9 Å². The molecular weight excluding hydrogens is 786 g/mol. The Bertz CT molecular complexity index is 2540. The van der Waals surface area contributed by atoms with Crippen molar-refractivity contribution in [2.45, 2.75) is 71.0 Å². The van der Waals surface area contributed by atoms with Gasteiger partial charge in [-0.3, -0.25) is 24.0 Å². The van der Waals surface area contributed by atoms with Crippen LogP contribution in [0.1, 0.15) is 61.3 Å². The molecule has 1 N–H and O–H groups in total. The summed E-state index contributed by atoms with van der Waals surface area (Å²) in [4.78, 5) is 44.8. The Labute approximate surface area is 330 Å². The Morgan fingerprint density at radius 2 is 1.93 bits per heavy atom. The second kappa shape index (κ2) is 15.6. The summed E-state index contributed by atoms with van der Waals surface area (Å²) in [6.07, 6.45) is 4.27. The highest BCUT2D eigenvalue weighted by Crippen LogP contribution is 2.42. The number of benzene rings is 1. The first kappa shape index (κ1) is 39.5. The summed E-state index contributed by atoms with van der Waals surface area (Å²) in [5, 5.41) is 12.6. The smallest absolute Gasteiger partial charge is 0.267 e. The second-order valence-electron chi connectivity index (χ2n) is 13.9. The van der Waals surface area contributed by atoms with Crippen molar-refractivity contribution in [3.05, 3.63) is 74.4 Å². The average molecular weight is 825 g/mol. The molecule has 5 aromatic rings. The maximum atomic E-state index is 14.2. The molecule has 0 radical (unpaired) electrons. The number of nitriles is 1. The predicted molar refractivity (Wildman–Crippen MR) is 211 cm³/mol. The standard InChI is InChI=1S/C38H39ClF2N8O5S2/c1-4-48(24-9-12-47(13-10-24)25-17-38(40,41)18-25)35-28(19-42)32-30(20-44-35)45-22(3)49(37(32)51)14-15-54-31-7-6-23(39)16-27(31)26-8-11-43-33-29(21-55-34(26)33)36(50)46-56(52,53)5-2/h6-8,11,16,20-21,24-25H,4-5,9-10,12-15,17-18H2,1-3H3,(H,46,50). The van der Waals surface area contributed by atoms with Gasteiger partial charge in [0.25, 0.3) is 17.4 Å². The van der Waals surface area contributed by atoms with Gasteiger partial charge in [0, 0.05) is 72.3 Å². The van der Waals surface area contributed by atoms with Gasteiger partial charge in [0.05, 0.1) is 45.2 Å². The quantitative estimate of drug-likeness (QED) is 0.154. The van der Waals surface area contributed by atoms with Gasteiger partial charge in [0.2, 0.25) is 10.0 Å². The first-order valence-electron chi connectivity index (χ1n) is 18.3. The molecule has 13 nitrogen and oxygen atoms in total. The van der Waals surface area contributed by atoms with Gasteiger partial charge in [-0.25, -0.2) is 31.9 Å². The highest BCUT2D eigenvalue weighted by Gasteiger charge is 2.48. The highest BCUT2D eigenvalue weighted by molar-refractivity contribution is 7.90. The highest BCUT2D eigenvalue weighted by atomic mass is 35.5. The van der Waals surface area contributed by atoms with Crippen molar-refractivity contribution >= 4 is 65.8 Å². The fourth-order valence-electron chi connectivity index (χ4n) is 7.59. The van der Waals surface area contributed by atoms with E-state index < -0.39 is 27.4 Å². The molecule has 5 heterocycles. The van der Waals surface area contributed by atoms with Crippen LogP contribution in [0.4, 0.5) is 14.6 Å². The van der Waals surface area contributed by atoms with E-state index in [1.54, 1.807) is 36.6 Å². The Kier molecular flexibility index (Phi) is 11.0. The number of halogens is 3. The van der Waals surface area contributed by atoms with Gasteiger partial charge in [-0.2, -0.15) is 5.26 Å². The number of thiophene rings is 1. The van der Waals surface area contributed by atoms with Crippen molar-refractivity contribution in [2.75, 3.05) is 36.9 Å². The zero-order valence-electron chi connectivity index (χ0n) is 30.9. The Morgan fingerprint density at radius 1 is 1.18 bits per heavy atom. The van der Waals surface area contributed by atoms with Crippen molar-refractivity contribution < 1.29 is 26.7 Å². The number of sulfonamides is 1. The number of pyridine rings is 2. The summed E-state index contributed by atoms with van der Waals surface area (Å²) in [6, 6.07) is 8.97. The fraction of sp³-hybridized carbons (Fsp3) is 0.421. The van der Waals surface area contributed by atoms with Crippen LogP contribution in [-0.4, -0.2) is 88.7 Å². The molecule has 1 aromatic carbocycles. The van der Waals surface area contributed by atoms with Crippen LogP contribution in [0.2, 0.25) is 5.02 Å². The number of ether oxygens (including phenoxy) is 1. The third kappa shape index (κ3) is 7.67. The zero-order valence-corrected chi connectivity index (χ0v) is 33.3. The fourth-order valence-corrected chi connectivity index (χ4v) is 9.33. The molecule has 1 aliphatic carbocycles. The molecule has 1 amide bonds. The molecule has 2 fully saturated rings. The molecule has 7 rings (SSSR count). The SMILES string of the molecule is CCN(c1ncc2nc(C)n(CCOc3ccc(Cl)cc3-c3ccnc4c(C(=O)NS(=O)(=O)CC)csc34)c(=O)c2c1C#N)C1CCN(C2CC(F)(F)C2)CC1. The molecule has 0 atom stereocenters. The topological polar surface area (TPSA) is 163 Å². The molecule has 0 unspecified atom stereocenters. The Morgan fingerprint density at radius 3 is 2.61 bits per heavy atom. The van der Waals surface area contributed by atoms with Crippen LogP contribution in [0, 0.1) is 18.3 Å². The van der Waals surface area contributed by atoms with E-state index in [-0.39, 0.29) is 60.3 Å².